The van der Waals surface area contributed by atoms with Crippen LogP contribution in [0, 0.1) is 6.92 Å². The van der Waals surface area contributed by atoms with E-state index in [1.807, 2.05) is 18.3 Å². The van der Waals surface area contributed by atoms with E-state index in [9.17, 15) is 0 Å². The van der Waals surface area contributed by atoms with E-state index in [-0.39, 0.29) is 0 Å². The minimum atomic E-state index is 0.604. The topological polar surface area (TPSA) is 21.6 Å². The molecule has 0 amide bonds. The van der Waals surface area contributed by atoms with E-state index in [2.05, 4.69) is 55.2 Å². The minimum absolute atomic E-state index is 0.604. The summed E-state index contributed by atoms with van der Waals surface area (Å²) in [7, 11) is 0. The van der Waals surface area contributed by atoms with Gasteiger partial charge in [-0.3, -0.25) is 4.99 Å². The van der Waals surface area contributed by atoms with Gasteiger partial charge in [0.2, 0.25) is 0 Å². The fraction of sp³-hybridized carbons (Fsp3) is 0.552. The highest BCUT2D eigenvalue weighted by atomic mass is 16.5. The molecule has 0 atom stereocenters. The third kappa shape index (κ3) is 12.4. The Labute approximate surface area is 191 Å². The van der Waals surface area contributed by atoms with Crippen molar-refractivity contribution in [3.63, 3.8) is 0 Å². The van der Waals surface area contributed by atoms with E-state index in [0.29, 0.717) is 6.61 Å². The van der Waals surface area contributed by atoms with Crippen LogP contribution in [-0.2, 0) is 6.61 Å². The number of aliphatic imine (C=N–C) groups is 1. The van der Waals surface area contributed by atoms with Crippen molar-refractivity contribution in [2.45, 2.75) is 97.5 Å². The molecule has 0 aromatic heterocycles. The van der Waals surface area contributed by atoms with Gasteiger partial charge in [0.05, 0.1) is 0 Å². The summed E-state index contributed by atoms with van der Waals surface area (Å²) in [5.41, 5.74) is 3.61. The molecule has 170 valence electrons. The van der Waals surface area contributed by atoms with Crippen molar-refractivity contribution >= 4 is 6.21 Å². The van der Waals surface area contributed by atoms with E-state index < -0.39 is 0 Å². The van der Waals surface area contributed by atoms with Crippen molar-refractivity contribution in [1.29, 1.82) is 0 Å². The molecule has 2 aromatic rings. The predicted octanol–water partition coefficient (Wildman–Crippen LogP) is 8.69. The maximum Gasteiger partial charge on any atom is 0.119 e. The van der Waals surface area contributed by atoms with Gasteiger partial charge in [-0.15, -0.1) is 0 Å². The van der Waals surface area contributed by atoms with Crippen LogP contribution in [0.3, 0.4) is 0 Å². The molecule has 2 heteroatoms. The Bertz CT molecular complexity index is 703. The van der Waals surface area contributed by atoms with Crippen LogP contribution in [0.4, 0.5) is 0 Å². The van der Waals surface area contributed by atoms with Gasteiger partial charge >= 0.3 is 0 Å². The molecule has 0 aliphatic carbocycles. The van der Waals surface area contributed by atoms with E-state index >= 15 is 0 Å². The molecule has 0 spiro atoms. The zero-order chi connectivity index (χ0) is 22.0. The van der Waals surface area contributed by atoms with Crippen molar-refractivity contribution in [1.82, 2.24) is 0 Å². The molecule has 31 heavy (non-hydrogen) atoms. The largest absolute Gasteiger partial charge is 0.489 e. The van der Waals surface area contributed by atoms with Gasteiger partial charge in [-0.05, 0) is 48.7 Å². The Morgan fingerprint density at radius 1 is 0.677 bits per heavy atom. The lowest BCUT2D eigenvalue weighted by Crippen LogP contribution is -1.95. The molecule has 0 aliphatic rings. The van der Waals surface area contributed by atoms with E-state index in [0.717, 1.165) is 17.9 Å². The van der Waals surface area contributed by atoms with Gasteiger partial charge in [-0.25, -0.2) is 0 Å². The van der Waals surface area contributed by atoms with E-state index in [4.69, 9.17) is 4.74 Å². The van der Waals surface area contributed by atoms with Crippen molar-refractivity contribution in [3.05, 3.63) is 65.2 Å². The van der Waals surface area contributed by atoms with Crippen LogP contribution >= 0.6 is 0 Å². The quantitative estimate of drug-likeness (QED) is 0.185. The van der Waals surface area contributed by atoms with Gasteiger partial charge in [-0.2, -0.15) is 0 Å². The lowest BCUT2D eigenvalue weighted by Gasteiger charge is -2.06. The molecule has 0 unspecified atom stereocenters. The van der Waals surface area contributed by atoms with E-state index in [1.165, 1.54) is 88.2 Å². The predicted molar refractivity (Wildman–Crippen MR) is 135 cm³/mol. The fourth-order valence-corrected chi connectivity index (χ4v) is 3.72. The van der Waals surface area contributed by atoms with Gasteiger partial charge in [0.25, 0.3) is 0 Å². The molecule has 2 rings (SSSR count). The summed E-state index contributed by atoms with van der Waals surface area (Å²) in [5.74, 6) is 0.902. The summed E-state index contributed by atoms with van der Waals surface area (Å²) < 4.78 is 5.87. The van der Waals surface area contributed by atoms with Gasteiger partial charge in [0, 0.05) is 12.8 Å². The van der Waals surface area contributed by atoms with Crippen molar-refractivity contribution in [2.75, 3.05) is 6.54 Å². The Balaban J connectivity index is 1.47. The molecule has 0 saturated heterocycles. The molecule has 2 nitrogen and oxygen atoms in total. The lowest BCUT2D eigenvalue weighted by molar-refractivity contribution is 0.306. The zero-order valence-electron chi connectivity index (χ0n) is 20.0. The molecule has 0 fully saturated rings. The summed E-state index contributed by atoms with van der Waals surface area (Å²) in [6, 6.07) is 16.7. The first-order valence-electron chi connectivity index (χ1n) is 12.6. The van der Waals surface area contributed by atoms with Crippen LogP contribution in [0.15, 0.2) is 53.5 Å². The highest BCUT2D eigenvalue weighted by Crippen LogP contribution is 2.14. The second-order valence-corrected chi connectivity index (χ2v) is 8.77. The Hall–Kier alpha value is -2.09. The lowest BCUT2D eigenvalue weighted by atomic mass is 10.1. The Morgan fingerprint density at radius 3 is 1.81 bits per heavy atom. The number of rotatable bonds is 17. The second-order valence-electron chi connectivity index (χ2n) is 8.77. The number of hydrogen-bond donors (Lipinski definition) is 0. The maximum atomic E-state index is 5.87. The van der Waals surface area contributed by atoms with Gasteiger partial charge in [0.1, 0.15) is 12.4 Å². The number of hydrogen-bond acceptors (Lipinski definition) is 2. The van der Waals surface area contributed by atoms with Crippen LogP contribution in [0.1, 0.15) is 101 Å². The molecular formula is C29H43NO. The average molecular weight is 422 g/mol. The zero-order valence-corrected chi connectivity index (χ0v) is 20.0. The summed E-state index contributed by atoms with van der Waals surface area (Å²) in [4.78, 5) is 4.59. The second kappa shape index (κ2) is 16.6. The Kier molecular flexibility index (Phi) is 13.5. The smallest absolute Gasteiger partial charge is 0.119 e. The molecular weight excluding hydrogens is 378 g/mol. The third-order valence-corrected chi connectivity index (χ3v) is 5.79. The highest BCUT2D eigenvalue weighted by Gasteiger charge is 1.97. The first-order valence-corrected chi connectivity index (χ1v) is 12.6. The van der Waals surface area contributed by atoms with Crippen LogP contribution in [0.5, 0.6) is 5.75 Å². The number of aryl methyl sites for hydroxylation is 1. The highest BCUT2D eigenvalue weighted by molar-refractivity contribution is 5.79. The third-order valence-electron chi connectivity index (χ3n) is 5.79. The normalized spacial score (nSPS) is 11.3. The maximum absolute atomic E-state index is 5.87. The monoisotopic (exact) mass is 421 g/mol. The van der Waals surface area contributed by atoms with Crippen molar-refractivity contribution in [2.24, 2.45) is 4.99 Å². The molecule has 0 N–H and O–H groups in total. The number of ether oxygens (including phenoxy) is 1. The van der Waals surface area contributed by atoms with Crippen LogP contribution in [-0.4, -0.2) is 12.8 Å². The molecule has 0 heterocycles. The van der Waals surface area contributed by atoms with Gasteiger partial charge in [0.15, 0.2) is 0 Å². The standard InChI is InChI=1S/C29H43NO/c1-3-4-5-6-7-8-9-10-11-12-13-14-23-30-24-27-19-21-29(22-20-27)31-25-28-17-15-26(2)16-18-28/h15-22,24H,3-14,23,25H2,1-2H3. The van der Waals surface area contributed by atoms with Crippen LogP contribution in [0.25, 0.3) is 0 Å². The summed E-state index contributed by atoms with van der Waals surface area (Å²) >= 11 is 0. The Morgan fingerprint density at radius 2 is 1.23 bits per heavy atom. The number of nitrogens with zero attached hydrogens (tertiary/aromatic N) is 1. The van der Waals surface area contributed by atoms with Crippen molar-refractivity contribution in [3.8, 4) is 5.75 Å². The molecule has 0 radical (unpaired) electrons. The number of unbranched alkanes of at least 4 members (excludes halogenated alkanes) is 11. The van der Waals surface area contributed by atoms with Gasteiger partial charge < -0.3 is 4.74 Å². The van der Waals surface area contributed by atoms with Gasteiger partial charge in [-0.1, -0.05) is 107 Å². The fourth-order valence-electron chi connectivity index (χ4n) is 3.72. The summed E-state index contributed by atoms with van der Waals surface area (Å²) in [6.07, 6.45) is 18.6. The number of benzene rings is 2. The van der Waals surface area contributed by atoms with Crippen molar-refractivity contribution < 1.29 is 4.74 Å². The average Bonchev–Trinajstić information content (AvgIpc) is 2.80. The van der Waals surface area contributed by atoms with Crippen LogP contribution < -0.4 is 4.74 Å². The SMILES string of the molecule is CCCCCCCCCCCCCCN=Cc1ccc(OCc2ccc(C)cc2)cc1. The molecule has 0 bridgehead atoms. The summed E-state index contributed by atoms with van der Waals surface area (Å²) in [6.45, 7) is 5.92. The molecule has 2 aromatic carbocycles. The molecule has 0 aliphatic heterocycles. The first kappa shape index (κ1) is 25.2. The molecule has 0 saturated carbocycles. The minimum Gasteiger partial charge on any atom is -0.489 e. The van der Waals surface area contributed by atoms with Crippen LogP contribution in [0.2, 0.25) is 0 Å². The first-order chi connectivity index (χ1) is 15.3. The summed E-state index contributed by atoms with van der Waals surface area (Å²) in [5, 5.41) is 0. The van der Waals surface area contributed by atoms with E-state index in [1.54, 1.807) is 0 Å².